The van der Waals surface area contributed by atoms with Gasteiger partial charge in [0.25, 0.3) is 11.8 Å². The zero-order valence-electron chi connectivity index (χ0n) is 11.8. The number of nitrogens with one attached hydrogen (secondary N) is 2. The van der Waals surface area contributed by atoms with Crippen LogP contribution >= 0.6 is 0 Å². The first-order valence-corrected chi connectivity index (χ1v) is 6.51. The van der Waals surface area contributed by atoms with E-state index in [1.54, 1.807) is 25.1 Å². The minimum absolute atomic E-state index is 0.137. The van der Waals surface area contributed by atoms with Crippen molar-refractivity contribution >= 4 is 23.9 Å². The third kappa shape index (κ3) is 3.75. The minimum atomic E-state index is -0.598. The van der Waals surface area contributed by atoms with Crippen LogP contribution in [0, 0.1) is 0 Å². The average molecular weight is 305 g/mol. The largest absolute Gasteiger partial charge is 0.490 e. The number of rotatable bonds is 6. The first-order valence-electron chi connectivity index (χ1n) is 6.51. The van der Waals surface area contributed by atoms with Gasteiger partial charge in [0.2, 0.25) is 0 Å². The maximum absolute atomic E-state index is 11.5. The second kappa shape index (κ2) is 6.61. The van der Waals surface area contributed by atoms with Gasteiger partial charge in [0.15, 0.2) is 18.1 Å². The number of urea groups is 1. The number of nitrogens with two attached hydrogens (primary N) is 1. The maximum Gasteiger partial charge on any atom is 0.326 e. The molecule has 0 spiro atoms. The number of hydrogen-bond donors (Lipinski definition) is 3. The van der Waals surface area contributed by atoms with Crippen LogP contribution in [0.15, 0.2) is 23.9 Å². The van der Waals surface area contributed by atoms with Crippen molar-refractivity contribution in [3.63, 3.8) is 0 Å². The highest BCUT2D eigenvalue weighted by Crippen LogP contribution is 2.29. The molecule has 0 radical (unpaired) electrons. The van der Waals surface area contributed by atoms with Crippen LogP contribution in [0.3, 0.4) is 0 Å². The summed E-state index contributed by atoms with van der Waals surface area (Å²) in [6.07, 6.45) is 1.50. The quantitative estimate of drug-likeness (QED) is 0.509. The smallest absolute Gasteiger partial charge is 0.326 e. The fourth-order valence-corrected chi connectivity index (χ4v) is 1.80. The van der Waals surface area contributed by atoms with E-state index in [1.807, 2.05) is 0 Å². The summed E-state index contributed by atoms with van der Waals surface area (Å²) < 4.78 is 10.7. The third-order valence-corrected chi connectivity index (χ3v) is 2.67. The molecule has 1 aliphatic rings. The van der Waals surface area contributed by atoms with Crippen molar-refractivity contribution in [3.05, 3.63) is 29.5 Å². The van der Waals surface area contributed by atoms with Crippen molar-refractivity contribution in [2.75, 3.05) is 13.2 Å². The number of carbonyl (C=O) groups excluding carboxylic acids is 3. The summed E-state index contributed by atoms with van der Waals surface area (Å²) in [5, 5.41) is 4.49. The number of hydrogen-bond acceptors (Lipinski definition) is 5. The Morgan fingerprint density at radius 3 is 2.59 bits per heavy atom. The third-order valence-electron chi connectivity index (χ3n) is 2.67. The van der Waals surface area contributed by atoms with Crippen LogP contribution in [0.4, 0.5) is 4.79 Å². The number of carbonyl (C=O) groups is 3. The van der Waals surface area contributed by atoms with Gasteiger partial charge in [-0.15, -0.1) is 0 Å². The van der Waals surface area contributed by atoms with Crippen molar-refractivity contribution in [1.29, 1.82) is 0 Å². The lowest BCUT2D eigenvalue weighted by Gasteiger charge is -2.11. The van der Waals surface area contributed by atoms with Gasteiger partial charge in [-0.3, -0.25) is 14.9 Å². The molecule has 1 saturated heterocycles. The van der Waals surface area contributed by atoms with Gasteiger partial charge in [-0.25, -0.2) is 4.79 Å². The lowest BCUT2D eigenvalue weighted by Crippen LogP contribution is -2.22. The van der Waals surface area contributed by atoms with E-state index in [9.17, 15) is 14.4 Å². The van der Waals surface area contributed by atoms with Crippen LogP contribution in [0.2, 0.25) is 0 Å². The summed E-state index contributed by atoms with van der Waals surface area (Å²) in [7, 11) is 0. The molecule has 0 aliphatic carbocycles. The van der Waals surface area contributed by atoms with E-state index in [4.69, 9.17) is 15.2 Å². The molecule has 2 rings (SSSR count). The Labute approximate surface area is 126 Å². The van der Waals surface area contributed by atoms with Crippen molar-refractivity contribution in [2.45, 2.75) is 6.92 Å². The van der Waals surface area contributed by atoms with Gasteiger partial charge < -0.3 is 20.5 Å². The SMILES string of the molecule is CCOc1cc(/C=C2\NC(=O)NC2=O)ccc1OCC(N)=O. The molecule has 8 nitrogen and oxygen atoms in total. The average Bonchev–Trinajstić information content (AvgIpc) is 2.76. The zero-order chi connectivity index (χ0) is 16.1. The summed E-state index contributed by atoms with van der Waals surface area (Å²) in [4.78, 5) is 33.3. The number of benzene rings is 1. The van der Waals surface area contributed by atoms with Crippen molar-refractivity contribution in [3.8, 4) is 11.5 Å². The van der Waals surface area contributed by atoms with Crippen LogP contribution < -0.4 is 25.8 Å². The molecule has 1 aliphatic heterocycles. The Morgan fingerprint density at radius 2 is 2.00 bits per heavy atom. The topological polar surface area (TPSA) is 120 Å². The summed E-state index contributed by atoms with van der Waals surface area (Å²) in [6, 6.07) is 4.31. The van der Waals surface area contributed by atoms with Gasteiger partial charge in [0.1, 0.15) is 5.70 Å². The molecule has 0 saturated carbocycles. The van der Waals surface area contributed by atoms with Gasteiger partial charge in [-0.1, -0.05) is 6.07 Å². The van der Waals surface area contributed by atoms with Gasteiger partial charge >= 0.3 is 6.03 Å². The van der Waals surface area contributed by atoms with Crippen LogP contribution in [0.5, 0.6) is 11.5 Å². The maximum atomic E-state index is 11.5. The zero-order valence-corrected chi connectivity index (χ0v) is 11.8. The van der Waals surface area contributed by atoms with Crippen LogP contribution in [-0.2, 0) is 9.59 Å². The van der Waals surface area contributed by atoms with Crippen LogP contribution in [0.25, 0.3) is 6.08 Å². The summed E-state index contributed by atoms with van der Waals surface area (Å²) in [5.41, 5.74) is 5.80. The second-order valence-electron chi connectivity index (χ2n) is 4.36. The molecule has 0 bridgehead atoms. The molecule has 8 heteroatoms. The summed E-state index contributed by atoms with van der Waals surface area (Å²) >= 11 is 0. The standard InChI is InChI=1S/C14H15N3O5/c1-2-21-11-6-8(3-4-10(11)22-7-12(15)18)5-9-13(19)17-14(20)16-9/h3-6H,2,7H2,1H3,(H2,15,18)(H2,16,17,19,20)/b9-5-. The molecule has 0 unspecified atom stereocenters. The molecule has 22 heavy (non-hydrogen) atoms. The Bertz CT molecular complexity index is 654. The van der Waals surface area contributed by atoms with E-state index in [0.29, 0.717) is 23.7 Å². The molecule has 1 aromatic rings. The van der Waals surface area contributed by atoms with E-state index < -0.39 is 17.8 Å². The monoisotopic (exact) mass is 305 g/mol. The first-order chi connectivity index (χ1) is 10.5. The molecule has 4 N–H and O–H groups in total. The highest BCUT2D eigenvalue weighted by Gasteiger charge is 2.22. The lowest BCUT2D eigenvalue weighted by atomic mass is 10.1. The first kappa shape index (κ1) is 15.4. The fraction of sp³-hybridized carbons (Fsp3) is 0.214. The van der Waals surface area contributed by atoms with E-state index in [1.165, 1.54) is 6.08 Å². The van der Waals surface area contributed by atoms with Crippen LogP contribution in [0.1, 0.15) is 12.5 Å². The molecular weight excluding hydrogens is 290 g/mol. The Kier molecular flexibility index (Phi) is 4.62. The Balaban J connectivity index is 2.25. The van der Waals surface area contributed by atoms with Gasteiger partial charge in [-0.2, -0.15) is 0 Å². The lowest BCUT2D eigenvalue weighted by molar-refractivity contribution is -0.120. The number of primary amides is 1. The normalized spacial score (nSPS) is 15.4. The molecule has 0 atom stereocenters. The van der Waals surface area contributed by atoms with E-state index in [0.717, 1.165) is 0 Å². The van der Waals surface area contributed by atoms with Crippen LogP contribution in [-0.4, -0.2) is 31.1 Å². The molecule has 1 aromatic carbocycles. The molecular formula is C14H15N3O5. The predicted molar refractivity (Wildman–Crippen MR) is 77.0 cm³/mol. The highest BCUT2D eigenvalue weighted by molar-refractivity contribution is 6.14. The molecule has 0 aromatic heterocycles. The summed E-state index contributed by atoms with van der Waals surface area (Å²) in [6.45, 7) is 1.93. The van der Waals surface area contributed by atoms with Crippen molar-refractivity contribution in [2.24, 2.45) is 5.73 Å². The Hall–Kier alpha value is -3.03. The van der Waals surface area contributed by atoms with Crippen molar-refractivity contribution < 1.29 is 23.9 Å². The highest BCUT2D eigenvalue weighted by atomic mass is 16.5. The molecule has 1 heterocycles. The second-order valence-corrected chi connectivity index (χ2v) is 4.36. The number of ether oxygens (including phenoxy) is 2. The minimum Gasteiger partial charge on any atom is -0.490 e. The van der Waals surface area contributed by atoms with Crippen molar-refractivity contribution in [1.82, 2.24) is 10.6 Å². The molecule has 116 valence electrons. The molecule has 1 fully saturated rings. The number of amides is 4. The van der Waals surface area contributed by atoms with E-state index in [-0.39, 0.29) is 12.3 Å². The predicted octanol–water partition coefficient (Wildman–Crippen LogP) is 0.130. The number of imide groups is 1. The fourth-order valence-electron chi connectivity index (χ4n) is 1.80. The van der Waals surface area contributed by atoms with E-state index in [2.05, 4.69) is 10.6 Å². The Morgan fingerprint density at radius 1 is 1.23 bits per heavy atom. The van der Waals surface area contributed by atoms with Gasteiger partial charge in [0.05, 0.1) is 6.61 Å². The van der Waals surface area contributed by atoms with E-state index >= 15 is 0 Å². The molecule has 4 amide bonds. The van der Waals surface area contributed by atoms with Gasteiger partial charge in [0, 0.05) is 0 Å². The van der Waals surface area contributed by atoms with Gasteiger partial charge in [-0.05, 0) is 30.7 Å². The summed E-state index contributed by atoms with van der Waals surface area (Å²) in [5.74, 6) is -0.332.